The molecule has 0 bridgehead atoms. The molecule has 0 aromatic heterocycles. The maximum absolute atomic E-state index is 10.8. The lowest BCUT2D eigenvalue weighted by molar-refractivity contribution is -0.138. The van der Waals surface area contributed by atoms with Gasteiger partial charge in [0.15, 0.2) is 0 Å². The van der Waals surface area contributed by atoms with Gasteiger partial charge in [-0.25, -0.2) is 0 Å². The summed E-state index contributed by atoms with van der Waals surface area (Å²) in [6, 6.07) is 1.76. The molecule has 0 amide bonds. The average Bonchev–Trinajstić information content (AvgIpc) is 2.31. The number of rotatable bonds is 6. The van der Waals surface area contributed by atoms with Gasteiger partial charge in [0.2, 0.25) is 0 Å². The van der Waals surface area contributed by atoms with Crippen molar-refractivity contribution in [2.75, 3.05) is 7.11 Å². The lowest BCUT2D eigenvalue weighted by Gasteiger charge is -2.23. The number of carboxylic acid groups (broad SMARTS) is 1. The monoisotopic (exact) mass is 343 g/mol. The van der Waals surface area contributed by atoms with Crippen LogP contribution in [0.4, 0.5) is 0 Å². The van der Waals surface area contributed by atoms with Crippen LogP contribution in [0.25, 0.3) is 0 Å². The Hall–Kier alpha value is -1.07. The topological polar surface area (TPSA) is 72.5 Å². The molecule has 0 saturated carbocycles. The predicted molar refractivity (Wildman–Crippen MR) is 83.1 cm³/mol. The molecule has 5 heteroatoms. The van der Waals surface area contributed by atoms with E-state index < -0.39 is 5.97 Å². The van der Waals surface area contributed by atoms with Crippen molar-refractivity contribution in [2.24, 2.45) is 11.7 Å². The maximum Gasteiger partial charge on any atom is 0.303 e. The zero-order valence-corrected chi connectivity index (χ0v) is 14.0. The van der Waals surface area contributed by atoms with Gasteiger partial charge in [-0.2, -0.15) is 0 Å². The zero-order chi connectivity index (χ0) is 15.4. The molecule has 2 atom stereocenters. The second kappa shape index (κ2) is 7.09. The Morgan fingerprint density at radius 1 is 1.50 bits per heavy atom. The number of hydrogen-bond acceptors (Lipinski definition) is 3. The van der Waals surface area contributed by atoms with Crippen molar-refractivity contribution in [1.82, 2.24) is 0 Å². The fourth-order valence-electron chi connectivity index (χ4n) is 2.53. The molecule has 0 aliphatic carbocycles. The molecule has 3 N–H and O–H groups in total. The first kappa shape index (κ1) is 17.0. The number of nitrogens with two attached hydrogens (primary N) is 1. The SMILES string of the molecule is COc1c(C)cc(Br)c(C)c1C(N)CC(C)CC(=O)O. The number of ether oxygens (including phenoxy) is 1. The first-order valence-electron chi connectivity index (χ1n) is 6.58. The van der Waals surface area contributed by atoms with Gasteiger partial charge >= 0.3 is 5.97 Å². The number of hydrogen-bond donors (Lipinski definition) is 2. The van der Waals surface area contributed by atoms with Crippen molar-refractivity contribution in [3.63, 3.8) is 0 Å². The van der Waals surface area contributed by atoms with Gasteiger partial charge < -0.3 is 15.6 Å². The molecule has 0 radical (unpaired) electrons. The molecular formula is C15H22BrNO3. The maximum atomic E-state index is 10.8. The van der Waals surface area contributed by atoms with Crippen LogP contribution in [0.3, 0.4) is 0 Å². The summed E-state index contributed by atoms with van der Waals surface area (Å²) in [4.78, 5) is 10.8. The number of benzene rings is 1. The smallest absolute Gasteiger partial charge is 0.303 e. The molecule has 20 heavy (non-hydrogen) atoms. The van der Waals surface area contributed by atoms with Gasteiger partial charge in [0.25, 0.3) is 0 Å². The van der Waals surface area contributed by atoms with Gasteiger partial charge in [-0.15, -0.1) is 0 Å². The summed E-state index contributed by atoms with van der Waals surface area (Å²) in [7, 11) is 1.63. The molecule has 1 rings (SSSR count). The van der Waals surface area contributed by atoms with Crippen molar-refractivity contribution in [2.45, 2.75) is 39.7 Å². The van der Waals surface area contributed by atoms with Crippen LogP contribution in [0.5, 0.6) is 5.75 Å². The molecule has 4 nitrogen and oxygen atoms in total. The fourth-order valence-corrected chi connectivity index (χ4v) is 3.08. The first-order chi connectivity index (χ1) is 9.27. The van der Waals surface area contributed by atoms with Crippen LogP contribution in [-0.2, 0) is 4.79 Å². The van der Waals surface area contributed by atoms with Crippen molar-refractivity contribution in [1.29, 1.82) is 0 Å². The van der Waals surface area contributed by atoms with Crippen molar-refractivity contribution < 1.29 is 14.6 Å². The summed E-state index contributed by atoms with van der Waals surface area (Å²) < 4.78 is 6.47. The van der Waals surface area contributed by atoms with Crippen LogP contribution in [0.15, 0.2) is 10.5 Å². The van der Waals surface area contributed by atoms with Crippen LogP contribution in [0.2, 0.25) is 0 Å². The highest BCUT2D eigenvalue weighted by molar-refractivity contribution is 9.10. The summed E-state index contributed by atoms with van der Waals surface area (Å²) >= 11 is 3.53. The fraction of sp³-hybridized carbons (Fsp3) is 0.533. The van der Waals surface area contributed by atoms with Crippen LogP contribution in [-0.4, -0.2) is 18.2 Å². The number of aryl methyl sites for hydroxylation is 1. The van der Waals surface area contributed by atoms with E-state index in [4.69, 9.17) is 15.6 Å². The lowest BCUT2D eigenvalue weighted by Crippen LogP contribution is -2.18. The minimum atomic E-state index is -0.793. The largest absolute Gasteiger partial charge is 0.496 e. The molecule has 0 saturated heterocycles. The average molecular weight is 344 g/mol. The summed E-state index contributed by atoms with van der Waals surface area (Å²) in [5, 5.41) is 8.84. The molecule has 1 aromatic carbocycles. The van der Waals surface area contributed by atoms with E-state index in [1.54, 1.807) is 7.11 Å². The van der Waals surface area contributed by atoms with Gasteiger partial charge in [-0.1, -0.05) is 22.9 Å². The summed E-state index contributed by atoms with van der Waals surface area (Å²) in [6.07, 6.45) is 0.738. The molecule has 0 aliphatic rings. The number of halogens is 1. The highest BCUT2D eigenvalue weighted by Crippen LogP contribution is 2.37. The molecule has 0 aliphatic heterocycles. The van der Waals surface area contributed by atoms with E-state index in [0.29, 0.717) is 6.42 Å². The van der Waals surface area contributed by atoms with E-state index in [9.17, 15) is 4.79 Å². The van der Waals surface area contributed by atoms with Gasteiger partial charge in [0.1, 0.15) is 5.75 Å². The number of carbonyl (C=O) groups is 1. The van der Waals surface area contributed by atoms with Crippen molar-refractivity contribution in [3.05, 3.63) is 27.2 Å². The highest BCUT2D eigenvalue weighted by atomic mass is 79.9. The number of methoxy groups -OCH3 is 1. The normalized spacial score (nSPS) is 13.9. The Labute approximate surface area is 128 Å². The Morgan fingerprint density at radius 2 is 2.10 bits per heavy atom. The molecule has 0 heterocycles. The first-order valence-corrected chi connectivity index (χ1v) is 7.38. The summed E-state index contributed by atoms with van der Waals surface area (Å²) in [5.41, 5.74) is 9.31. The number of aliphatic carboxylic acids is 1. The van der Waals surface area contributed by atoms with Gasteiger partial charge in [0.05, 0.1) is 7.11 Å². The van der Waals surface area contributed by atoms with Crippen LogP contribution < -0.4 is 10.5 Å². The Bertz CT molecular complexity index is 502. The van der Waals surface area contributed by atoms with E-state index in [0.717, 1.165) is 26.9 Å². The molecule has 1 aromatic rings. The molecule has 112 valence electrons. The van der Waals surface area contributed by atoms with E-state index >= 15 is 0 Å². The third-order valence-corrected chi connectivity index (χ3v) is 4.29. The summed E-state index contributed by atoms with van der Waals surface area (Å²) in [6.45, 7) is 5.86. The second-order valence-electron chi connectivity index (χ2n) is 5.29. The molecular weight excluding hydrogens is 322 g/mol. The van der Waals surface area contributed by atoms with Gasteiger partial charge in [0, 0.05) is 22.5 Å². The zero-order valence-electron chi connectivity index (χ0n) is 12.4. The van der Waals surface area contributed by atoms with Crippen molar-refractivity contribution in [3.8, 4) is 5.75 Å². The van der Waals surface area contributed by atoms with Gasteiger partial charge in [-0.05, 0) is 43.4 Å². The third kappa shape index (κ3) is 3.96. The molecule has 0 fully saturated rings. The minimum Gasteiger partial charge on any atom is -0.496 e. The Kier molecular flexibility index (Phi) is 6.02. The van der Waals surface area contributed by atoms with Crippen LogP contribution in [0.1, 0.15) is 42.5 Å². The standard InChI is InChI=1S/C15H22BrNO3/c1-8(6-13(18)19)5-12(17)14-10(3)11(16)7-9(2)15(14)20-4/h7-8,12H,5-6,17H2,1-4H3,(H,18,19). The highest BCUT2D eigenvalue weighted by Gasteiger charge is 2.21. The number of carboxylic acids is 1. The predicted octanol–water partition coefficient (Wildman–Crippen LogP) is 3.58. The molecule has 2 unspecified atom stereocenters. The van der Waals surface area contributed by atoms with E-state index in [1.807, 2.05) is 26.8 Å². The Balaban J connectivity index is 3.08. The third-order valence-electron chi connectivity index (χ3n) is 3.46. The van der Waals surface area contributed by atoms with E-state index in [1.165, 1.54) is 0 Å². The van der Waals surface area contributed by atoms with Crippen LogP contribution >= 0.6 is 15.9 Å². The second-order valence-corrected chi connectivity index (χ2v) is 6.15. The quantitative estimate of drug-likeness (QED) is 0.827. The molecule has 0 spiro atoms. The van der Waals surface area contributed by atoms with Crippen LogP contribution in [0, 0.1) is 19.8 Å². The minimum absolute atomic E-state index is 0.0193. The lowest BCUT2D eigenvalue weighted by atomic mass is 9.90. The van der Waals surface area contributed by atoms with E-state index in [-0.39, 0.29) is 18.4 Å². The van der Waals surface area contributed by atoms with E-state index in [2.05, 4.69) is 15.9 Å². The Morgan fingerprint density at radius 3 is 2.60 bits per heavy atom. The van der Waals surface area contributed by atoms with Gasteiger partial charge in [-0.3, -0.25) is 4.79 Å². The summed E-state index contributed by atoms with van der Waals surface area (Å²) in [5.74, 6) is 0.0189. The van der Waals surface area contributed by atoms with Crippen molar-refractivity contribution >= 4 is 21.9 Å².